The summed E-state index contributed by atoms with van der Waals surface area (Å²) in [5.41, 5.74) is 13.1. The summed E-state index contributed by atoms with van der Waals surface area (Å²) in [5, 5.41) is 9.28. The third kappa shape index (κ3) is 6.06. The Balaban J connectivity index is 1.03. The number of hydrogen-bond donors (Lipinski definition) is 0. The number of rotatable bonds is 5. The summed E-state index contributed by atoms with van der Waals surface area (Å²) < 4.78 is 16.1. The standard InChI is InChI=1S/C64H45N5O/c1-64(2,3)42-35-36-65-60(37-42)68-55-29-10-7-21-47(55)50-34-33-45(39-59(50)68)70-44-20-13-19-43(38-44)66-40-67-61-46(41-17-5-4-6-18-41)24-14-26-53(61)54-27-15-25-51-48-22-8-11-30-56(48)69(62(51)54)57-31-12-9-23-49(57)52-28-16-32-58(66)63(52)67/h4-39H,1-3H3. The highest BCUT2D eigenvalue weighted by molar-refractivity contribution is 6.22. The third-order valence-electron chi connectivity index (χ3n) is 14.2. The second kappa shape index (κ2) is 15.3. The number of para-hydroxylation sites is 6. The topological polar surface area (TPSA) is 39.8 Å². The van der Waals surface area contributed by atoms with Gasteiger partial charge in [0.2, 0.25) is 0 Å². The van der Waals surface area contributed by atoms with Gasteiger partial charge in [0.1, 0.15) is 17.3 Å². The monoisotopic (exact) mass is 899 g/mol. The molecule has 0 N–H and O–H groups in total. The maximum absolute atomic E-state index is 6.87. The van der Waals surface area contributed by atoms with E-state index in [0.29, 0.717) is 0 Å². The van der Waals surface area contributed by atoms with Crippen molar-refractivity contribution in [2.75, 3.05) is 0 Å². The molecule has 0 saturated heterocycles. The molecule has 0 aliphatic carbocycles. The molecule has 6 heteroatoms. The minimum absolute atomic E-state index is 0.0253. The van der Waals surface area contributed by atoms with Crippen LogP contribution in [0.15, 0.2) is 219 Å². The molecule has 14 aromatic rings. The highest BCUT2D eigenvalue weighted by Gasteiger charge is 2.21. The summed E-state index contributed by atoms with van der Waals surface area (Å²) in [7, 11) is 0. The van der Waals surface area contributed by atoms with E-state index in [1.54, 1.807) is 0 Å². The quantitative estimate of drug-likeness (QED) is 0.128. The van der Waals surface area contributed by atoms with E-state index in [0.717, 1.165) is 94.2 Å². The highest BCUT2D eigenvalue weighted by atomic mass is 16.5. The van der Waals surface area contributed by atoms with E-state index >= 15 is 0 Å². The molecule has 0 saturated carbocycles. The van der Waals surface area contributed by atoms with E-state index in [1.807, 2.05) is 12.3 Å². The molecular formula is C64H45N5O. The van der Waals surface area contributed by atoms with Crippen LogP contribution >= 0.6 is 0 Å². The summed E-state index contributed by atoms with van der Waals surface area (Å²) in [6, 6.07) is 76.2. The Morgan fingerprint density at radius 1 is 0.457 bits per heavy atom. The number of fused-ring (bicyclic) bond motifs is 12. The van der Waals surface area contributed by atoms with E-state index in [9.17, 15) is 0 Å². The molecule has 0 radical (unpaired) electrons. The second-order valence-electron chi connectivity index (χ2n) is 19.4. The van der Waals surface area contributed by atoms with E-state index < -0.39 is 0 Å². The summed E-state index contributed by atoms with van der Waals surface area (Å²) in [6.45, 7) is 6.72. The van der Waals surface area contributed by atoms with E-state index in [2.05, 4.69) is 251 Å². The minimum atomic E-state index is -0.0253. The molecule has 0 amide bonds. The smallest absolute Gasteiger partial charge is 0.269 e. The van der Waals surface area contributed by atoms with Crippen LogP contribution in [-0.2, 0) is 5.41 Å². The van der Waals surface area contributed by atoms with Gasteiger partial charge in [0.05, 0.1) is 49.8 Å². The lowest BCUT2D eigenvalue weighted by atomic mass is 9.88. The van der Waals surface area contributed by atoms with Crippen molar-refractivity contribution in [3.63, 3.8) is 0 Å². The second-order valence-corrected chi connectivity index (χ2v) is 19.4. The van der Waals surface area contributed by atoms with Crippen LogP contribution in [0.3, 0.4) is 0 Å². The van der Waals surface area contributed by atoms with Crippen molar-refractivity contribution >= 4 is 87.2 Å². The minimum Gasteiger partial charge on any atom is -0.458 e. The molecule has 0 bridgehead atoms. The molecule has 5 aromatic heterocycles. The highest BCUT2D eigenvalue weighted by Crippen LogP contribution is 2.41. The van der Waals surface area contributed by atoms with Crippen molar-refractivity contribution in [2.24, 2.45) is 0 Å². The Morgan fingerprint density at radius 3 is 1.77 bits per heavy atom. The zero-order valence-corrected chi connectivity index (χ0v) is 38.9. The molecule has 14 rings (SSSR count). The van der Waals surface area contributed by atoms with Gasteiger partial charge in [-0.3, -0.25) is 13.5 Å². The molecule has 9 aromatic carbocycles. The zero-order chi connectivity index (χ0) is 46.7. The SMILES string of the molecule is CC(C)(C)c1ccnc(-n2c3ccccc3c3ccc(Oc4cccc(-[n+]5[c-]n6c7c(-c8ccccc8)cccc7c7cccc8c9ccccc9n(c9ccccc9c9cccc5c96)c78)c4)cc32)c1. The zero-order valence-electron chi connectivity index (χ0n) is 38.9. The lowest BCUT2D eigenvalue weighted by Crippen LogP contribution is -2.29. The van der Waals surface area contributed by atoms with Crippen LogP contribution in [0, 0.1) is 6.33 Å². The molecule has 5 heterocycles. The van der Waals surface area contributed by atoms with E-state index in [1.165, 1.54) is 32.8 Å². The molecule has 0 unspecified atom stereocenters. The van der Waals surface area contributed by atoms with Gasteiger partial charge in [-0.1, -0.05) is 166 Å². The number of aromatic nitrogens is 5. The Kier molecular flexibility index (Phi) is 8.74. The molecule has 332 valence electrons. The third-order valence-corrected chi connectivity index (χ3v) is 14.2. The van der Waals surface area contributed by atoms with Crippen LogP contribution in [-0.4, -0.2) is 18.4 Å². The maximum Gasteiger partial charge on any atom is 0.269 e. The number of pyridine rings is 1. The fourth-order valence-corrected chi connectivity index (χ4v) is 11.1. The first-order valence-electron chi connectivity index (χ1n) is 24.0. The van der Waals surface area contributed by atoms with Crippen molar-refractivity contribution in [1.29, 1.82) is 0 Å². The fourth-order valence-electron chi connectivity index (χ4n) is 11.1. The van der Waals surface area contributed by atoms with E-state index in [-0.39, 0.29) is 5.41 Å². The van der Waals surface area contributed by atoms with Gasteiger partial charge >= 0.3 is 0 Å². The van der Waals surface area contributed by atoms with Crippen molar-refractivity contribution < 1.29 is 9.30 Å². The van der Waals surface area contributed by atoms with Gasteiger partial charge in [0, 0.05) is 44.6 Å². The van der Waals surface area contributed by atoms with Crippen LogP contribution in [0.4, 0.5) is 0 Å². The number of ether oxygens (including phenoxy) is 1. The predicted molar refractivity (Wildman–Crippen MR) is 288 cm³/mol. The normalized spacial score (nSPS) is 12.2. The molecular weight excluding hydrogens is 855 g/mol. The van der Waals surface area contributed by atoms with Crippen LogP contribution < -0.4 is 9.30 Å². The Bertz CT molecular complexity index is 4490. The largest absolute Gasteiger partial charge is 0.458 e. The molecule has 0 aliphatic heterocycles. The summed E-state index contributed by atoms with van der Waals surface area (Å²) in [6.07, 6.45) is 5.90. The predicted octanol–water partition coefficient (Wildman–Crippen LogP) is 15.8. The first-order chi connectivity index (χ1) is 34.4. The summed E-state index contributed by atoms with van der Waals surface area (Å²) in [5.74, 6) is 2.34. The number of benzene rings is 9. The van der Waals surface area contributed by atoms with Gasteiger partial charge in [-0.15, -0.1) is 0 Å². The number of nitrogens with zero attached hydrogens (tertiary/aromatic N) is 5. The molecule has 70 heavy (non-hydrogen) atoms. The molecule has 6 nitrogen and oxygen atoms in total. The lowest BCUT2D eigenvalue weighted by molar-refractivity contribution is -0.572. The lowest BCUT2D eigenvalue weighted by Gasteiger charge is -2.20. The Morgan fingerprint density at radius 2 is 1.03 bits per heavy atom. The van der Waals surface area contributed by atoms with Gasteiger partial charge in [0.25, 0.3) is 6.33 Å². The van der Waals surface area contributed by atoms with Crippen molar-refractivity contribution in [3.05, 3.63) is 230 Å². The molecule has 0 aliphatic rings. The average molecular weight is 900 g/mol. The van der Waals surface area contributed by atoms with Crippen LogP contribution in [0.1, 0.15) is 26.3 Å². The first kappa shape index (κ1) is 40.1. The average Bonchev–Trinajstić information content (AvgIpc) is 4.07. The Labute approximate surface area is 403 Å². The van der Waals surface area contributed by atoms with Crippen molar-refractivity contribution in [1.82, 2.24) is 18.4 Å². The fraction of sp³-hybridized carbons (Fsp3) is 0.0625. The molecule has 0 fully saturated rings. The van der Waals surface area contributed by atoms with Crippen LogP contribution in [0.2, 0.25) is 0 Å². The van der Waals surface area contributed by atoms with Crippen LogP contribution in [0.25, 0.3) is 110 Å². The Hall–Kier alpha value is -9.00. The van der Waals surface area contributed by atoms with Gasteiger partial charge in [0.15, 0.2) is 0 Å². The van der Waals surface area contributed by atoms with Gasteiger partial charge in [-0.25, -0.2) is 4.98 Å². The van der Waals surface area contributed by atoms with Crippen molar-refractivity contribution in [3.8, 4) is 34.1 Å². The number of hydrogen-bond acceptors (Lipinski definition) is 2. The van der Waals surface area contributed by atoms with Crippen molar-refractivity contribution in [2.45, 2.75) is 26.2 Å². The van der Waals surface area contributed by atoms with Gasteiger partial charge < -0.3 is 9.14 Å². The van der Waals surface area contributed by atoms with E-state index in [4.69, 9.17) is 9.72 Å². The number of imidazole rings is 1. The van der Waals surface area contributed by atoms with Gasteiger partial charge in [-0.05, 0) is 93.5 Å². The molecule has 0 atom stereocenters. The van der Waals surface area contributed by atoms with Gasteiger partial charge in [-0.2, -0.15) is 0 Å². The maximum atomic E-state index is 6.87. The first-order valence-corrected chi connectivity index (χ1v) is 24.0. The van der Waals surface area contributed by atoms with Crippen LogP contribution in [0.5, 0.6) is 11.5 Å². The summed E-state index contributed by atoms with van der Waals surface area (Å²) >= 11 is 0. The molecule has 0 spiro atoms. The summed E-state index contributed by atoms with van der Waals surface area (Å²) in [4.78, 5) is 4.91.